The maximum absolute atomic E-state index is 12.8. The van der Waals surface area contributed by atoms with Crippen molar-refractivity contribution in [2.75, 3.05) is 23.1 Å². The van der Waals surface area contributed by atoms with E-state index in [1.807, 2.05) is 26.0 Å². The molecule has 0 aromatic heterocycles. The van der Waals surface area contributed by atoms with E-state index in [1.165, 1.54) is 24.3 Å². The molecule has 8 nitrogen and oxygen atoms in total. The van der Waals surface area contributed by atoms with Crippen LogP contribution in [0.2, 0.25) is 0 Å². The summed E-state index contributed by atoms with van der Waals surface area (Å²) < 4.78 is 55.1. The van der Waals surface area contributed by atoms with Crippen LogP contribution in [0.5, 0.6) is 0 Å². The van der Waals surface area contributed by atoms with E-state index >= 15 is 0 Å². The van der Waals surface area contributed by atoms with Gasteiger partial charge < -0.3 is 5.32 Å². The number of aryl methyl sites for hydroxylation is 2. The van der Waals surface area contributed by atoms with Gasteiger partial charge in [0, 0.05) is 24.3 Å². The number of sulfonamides is 2. The lowest BCUT2D eigenvalue weighted by Gasteiger charge is -2.25. The van der Waals surface area contributed by atoms with Crippen molar-refractivity contribution in [1.29, 1.82) is 0 Å². The zero-order chi connectivity index (χ0) is 26.6. The van der Waals surface area contributed by atoms with Gasteiger partial charge in [-0.2, -0.15) is 0 Å². The predicted octanol–water partition coefficient (Wildman–Crippen LogP) is 4.67. The minimum atomic E-state index is -3.79. The molecule has 0 bridgehead atoms. The third-order valence-electron chi connectivity index (χ3n) is 6.33. The van der Waals surface area contributed by atoms with Gasteiger partial charge >= 0.3 is 0 Å². The normalized spacial score (nSPS) is 14.8. The van der Waals surface area contributed by atoms with Crippen molar-refractivity contribution in [3.8, 4) is 0 Å². The number of anilines is 2. The van der Waals surface area contributed by atoms with Crippen molar-refractivity contribution in [1.82, 2.24) is 4.31 Å². The summed E-state index contributed by atoms with van der Waals surface area (Å²) in [5.41, 5.74) is 3.70. The fourth-order valence-electron chi connectivity index (χ4n) is 4.17. The van der Waals surface area contributed by atoms with E-state index in [2.05, 4.69) is 10.0 Å². The molecule has 0 radical (unpaired) electrons. The van der Waals surface area contributed by atoms with Crippen LogP contribution in [0.3, 0.4) is 0 Å². The maximum atomic E-state index is 12.8. The van der Waals surface area contributed by atoms with Crippen LogP contribution < -0.4 is 10.0 Å². The second-order valence-corrected chi connectivity index (χ2v) is 13.0. The molecule has 10 heteroatoms. The van der Waals surface area contributed by atoms with Gasteiger partial charge in [-0.05, 0) is 85.8 Å². The third-order valence-corrected chi connectivity index (χ3v) is 9.56. The minimum Gasteiger partial charge on any atom is -0.322 e. The Morgan fingerprint density at radius 3 is 2.14 bits per heavy atom. The number of amides is 1. The molecule has 1 fully saturated rings. The molecule has 196 valence electrons. The summed E-state index contributed by atoms with van der Waals surface area (Å²) in [6.45, 7) is 4.84. The van der Waals surface area contributed by atoms with Gasteiger partial charge in [0.15, 0.2) is 0 Å². The van der Waals surface area contributed by atoms with Crippen molar-refractivity contribution in [2.24, 2.45) is 0 Å². The van der Waals surface area contributed by atoms with E-state index in [0.29, 0.717) is 35.6 Å². The number of hydrogen-bond acceptors (Lipinski definition) is 5. The summed E-state index contributed by atoms with van der Waals surface area (Å²) in [6.07, 6.45) is 2.82. The molecule has 3 aromatic rings. The van der Waals surface area contributed by atoms with Crippen molar-refractivity contribution < 1.29 is 21.6 Å². The second kappa shape index (κ2) is 11.0. The van der Waals surface area contributed by atoms with Gasteiger partial charge in [0.05, 0.1) is 16.3 Å². The molecular formula is C27H31N3O5S2. The number of benzene rings is 3. The largest absolute Gasteiger partial charge is 0.322 e. The number of hydrogen-bond donors (Lipinski definition) is 2. The molecule has 4 rings (SSSR count). The molecular weight excluding hydrogens is 510 g/mol. The summed E-state index contributed by atoms with van der Waals surface area (Å²) in [5.74, 6) is -0.476. The van der Waals surface area contributed by atoms with E-state index in [0.717, 1.165) is 30.4 Å². The highest BCUT2D eigenvalue weighted by atomic mass is 32.2. The van der Waals surface area contributed by atoms with Gasteiger partial charge in [0.2, 0.25) is 10.0 Å². The predicted molar refractivity (Wildman–Crippen MR) is 146 cm³/mol. The Kier molecular flexibility index (Phi) is 8.01. The standard InChI is InChI=1S/C27H31N3O5S2/c1-20-6-7-21(2)26(18-20)29-37(34,35)25-14-12-24(13-15-25)28-27(31)23-10-8-22(9-11-23)19-36(32,33)30-16-4-3-5-17-30/h6-15,18,29H,3-5,16-17,19H2,1-2H3,(H,28,31). The number of carbonyl (C=O) groups excluding carboxylic acids is 1. The van der Waals surface area contributed by atoms with Crippen molar-refractivity contribution in [3.63, 3.8) is 0 Å². The SMILES string of the molecule is Cc1ccc(C)c(NS(=O)(=O)c2ccc(NC(=O)c3ccc(CS(=O)(=O)N4CCCCC4)cc3)cc2)c1. The van der Waals surface area contributed by atoms with Crippen LogP contribution >= 0.6 is 0 Å². The Bertz CT molecular complexity index is 1480. The van der Waals surface area contributed by atoms with E-state index in [-0.39, 0.29) is 16.6 Å². The molecule has 2 N–H and O–H groups in total. The number of nitrogens with zero attached hydrogens (tertiary/aromatic N) is 1. The highest BCUT2D eigenvalue weighted by molar-refractivity contribution is 7.92. The average Bonchev–Trinajstić information content (AvgIpc) is 2.87. The molecule has 0 saturated carbocycles. The highest BCUT2D eigenvalue weighted by Crippen LogP contribution is 2.23. The smallest absolute Gasteiger partial charge is 0.261 e. The topological polar surface area (TPSA) is 113 Å². The Balaban J connectivity index is 1.38. The molecule has 1 aliphatic heterocycles. The van der Waals surface area contributed by atoms with E-state index < -0.39 is 20.0 Å². The first kappa shape index (κ1) is 26.8. The molecule has 3 aromatic carbocycles. The van der Waals surface area contributed by atoms with Crippen molar-refractivity contribution in [2.45, 2.75) is 43.8 Å². The second-order valence-electron chi connectivity index (χ2n) is 9.32. The fourth-order valence-corrected chi connectivity index (χ4v) is 6.90. The van der Waals surface area contributed by atoms with Gasteiger partial charge in [-0.3, -0.25) is 9.52 Å². The number of rotatable bonds is 8. The minimum absolute atomic E-state index is 0.0747. The zero-order valence-corrected chi connectivity index (χ0v) is 22.5. The number of carbonyl (C=O) groups is 1. The fraction of sp³-hybridized carbons (Fsp3) is 0.296. The number of piperidine rings is 1. The summed E-state index contributed by atoms with van der Waals surface area (Å²) in [5, 5.41) is 2.74. The van der Waals surface area contributed by atoms with Crippen LogP contribution in [0.1, 0.15) is 46.3 Å². The van der Waals surface area contributed by atoms with Crippen LogP contribution in [-0.4, -0.2) is 40.1 Å². The van der Waals surface area contributed by atoms with Crippen molar-refractivity contribution >= 4 is 37.3 Å². The van der Waals surface area contributed by atoms with Crippen LogP contribution in [-0.2, 0) is 25.8 Å². The average molecular weight is 542 g/mol. The zero-order valence-electron chi connectivity index (χ0n) is 20.9. The van der Waals surface area contributed by atoms with E-state index in [9.17, 15) is 21.6 Å². The Morgan fingerprint density at radius 1 is 0.838 bits per heavy atom. The summed E-state index contributed by atoms with van der Waals surface area (Å²) in [7, 11) is -7.17. The lowest BCUT2D eigenvalue weighted by molar-refractivity contribution is 0.102. The Morgan fingerprint density at radius 2 is 1.49 bits per heavy atom. The quantitative estimate of drug-likeness (QED) is 0.430. The van der Waals surface area contributed by atoms with Gasteiger partial charge in [-0.25, -0.2) is 21.1 Å². The summed E-state index contributed by atoms with van der Waals surface area (Å²) in [6, 6.07) is 17.9. The molecule has 1 heterocycles. The molecule has 1 aliphatic rings. The monoisotopic (exact) mass is 541 g/mol. The lowest BCUT2D eigenvalue weighted by Crippen LogP contribution is -2.36. The van der Waals surface area contributed by atoms with Gasteiger partial charge in [0.1, 0.15) is 0 Å². The molecule has 37 heavy (non-hydrogen) atoms. The van der Waals surface area contributed by atoms with Crippen LogP contribution in [0.4, 0.5) is 11.4 Å². The van der Waals surface area contributed by atoms with Crippen LogP contribution in [0, 0.1) is 13.8 Å². The molecule has 1 amide bonds. The Labute approximate surface area is 218 Å². The molecule has 1 saturated heterocycles. The molecule has 0 atom stereocenters. The van der Waals surface area contributed by atoms with Gasteiger partial charge in [-0.15, -0.1) is 0 Å². The van der Waals surface area contributed by atoms with E-state index in [4.69, 9.17) is 0 Å². The number of nitrogens with one attached hydrogen (secondary N) is 2. The van der Waals surface area contributed by atoms with Crippen LogP contribution in [0.25, 0.3) is 0 Å². The first-order chi connectivity index (χ1) is 17.5. The molecule has 0 aliphatic carbocycles. The summed E-state index contributed by atoms with van der Waals surface area (Å²) >= 11 is 0. The Hall–Kier alpha value is -3.21. The molecule has 0 spiro atoms. The molecule has 0 unspecified atom stereocenters. The lowest BCUT2D eigenvalue weighted by atomic mass is 10.1. The maximum Gasteiger partial charge on any atom is 0.261 e. The van der Waals surface area contributed by atoms with E-state index in [1.54, 1.807) is 34.6 Å². The van der Waals surface area contributed by atoms with Gasteiger partial charge in [-0.1, -0.05) is 30.7 Å². The first-order valence-electron chi connectivity index (χ1n) is 12.1. The van der Waals surface area contributed by atoms with Crippen LogP contribution in [0.15, 0.2) is 71.6 Å². The highest BCUT2D eigenvalue weighted by Gasteiger charge is 2.24. The summed E-state index contributed by atoms with van der Waals surface area (Å²) in [4.78, 5) is 12.8. The third kappa shape index (κ3) is 6.76. The van der Waals surface area contributed by atoms with Crippen molar-refractivity contribution in [3.05, 3.63) is 89.0 Å². The first-order valence-corrected chi connectivity index (χ1v) is 15.2. The van der Waals surface area contributed by atoms with Gasteiger partial charge in [0.25, 0.3) is 15.9 Å².